The van der Waals surface area contributed by atoms with E-state index in [9.17, 15) is 0 Å². The first-order valence-corrected chi connectivity index (χ1v) is 8.32. The quantitative estimate of drug-likeness (QED) is 0.766. The molecule has 0 amide bonds. The fourth-order valence-corrected chi connectivity index (χ4v) is 3.28. The van der Waals surface area contributed by atoms with Crippen LogP contribution in [0, 0.1) is 0 Å². The molecular weight excluding hydrogens is 282 g/mol. The summed E-state index contributed by atoms with van der Waals surface area (Å²) in [4.78, 5) is 4.82. The third-order valence-electron chi connectivity index (χ3n) is 4.49. The number of aromatic nitrogens is 1. The lowest BCUT2D eigenvalue weighted by Crippen LogP contribution is -2.35. The summed E-state index contributed by atoms with van der Waals surface area (Å²) in [6.45, 7) is 2.16. The van der Waals surface area contributed by atoms with Crippen LogP contribution in [-0.4, -0.2) is 24.1 Å². The number of nitrogens with zero attached hydrogens (tertiary/aromatic N) is 1. The van der Waals surface area contributed by atoms with Crippen LogP contribution in [0.1, 0.15) is 12.8 Å². The Morgan fingerprint density at radius 1 is 0.913 bits per heavy atom. The monoisotopic (exact) mass is 303 g/mol. The fraction of sp³-hybridized carbons (Fsp3) is 0.250. The van der Waals surface area contributed by atoms with Crippen LogP contribution in [-0.2, 0) is 0 Å². The van der Waals surface area contributed by atoms with E-state index < -0.39 is 0 Å². The Morgan fingerprint density at radius 2 is 1.65 bits per heavy atom. The van der Waals surface area contributed by atoms with Gasteiger partial charge in [0.05, 0.1) is 5.52 Å². The summed E-state index contributed by atoms with van der Waals surface area (Å²) in [6, 6.07) is 21.6. The Bertz CT molecular complexity index is 792. The molecule has 3 heteroatoms. The molecular formula is C20H21N3. The molecule has 2 N–H and O–H groups in total. The van der Waals surface area contributed by atoms with Crippen LogP contribution in [0.4, 0.5) is 5.82 Å². The van der Waals surface area contributed by atoms with Gasteiger partial charge >= 0.3 is 0 Å². The second kappa shape index (κ2) is 6.39. The van der Waals surface area contributed by atoms with Gasteiger partial charge in [-0.2, -0.15) is 0 Å². The van der Waals surface area contributed by atoms with Crippen molar-refractivity contribution in [2.24, 2.45) is 0 Å². The van der Waals surface area contributed by atoms with Gasteiger partial charge in [0.2, 0.25) is 0 Å². The Balaban J connectivity index is 1.77. The zero-order valence-corrected chi connectivity index (χ0v) is 13.1. The summed E-state index contributed by atoms with van der Waals surface area (Å²) < 4.78 is 0. The van der Waals surface area contributed by atoms with E-state index in [1.165, 1.54) is 16.5 Å². The van der Waals surface area contributed by atoms with Gasteiger partial charge in [0.1, 0.15) is 5.82 Å². The Morgan fingerprint density at radius 3 is 2.48 bits per heavy atom. The summed E-state index contributed by atoms with van der Waals surface area (Å²) in [7, 11) is 0. The van der Waals surface area contributed by atoms with E-state index in [0.717, 1.165) is 37.3 Å². The fourth-order valence-electron chi connectivity index (χ4n) is 3.28. The smallest absolute Gasteiger partial charge is 0.127 e. The number of para-hydroxylation sites is 1. The maximum atomic E-state index is 4.82. The third-order valence-corrected chi connectivity index (χ3v) is 4.49. The number of benzene rings is 2. The lowest BCUT2D eigenvalue weighted by molar-refractivity contribution is 0.478. The zero-order chi connectivity index (χ0) is 15.5. The SMILES string of the molecule is c1ccc(-c2cc(NC3CCNCC3)nc3ccccc23)cc1. The highest BCUT2D eigenvalue weighted by molar-refractivity contribution is 5.96. The topological polar surface area (TPSA) is 37.0 Å². The Hall–Kier alpha value is -2.39. The van der Waals surface area contributed by atoms with Crippen molar-refractivity contribution in [2.45, 2.75) is 18.9 Å². The molecule has 1 saturated heterocycles. The lowest BCUT2D eigenvalue weighted by atomic mass is 10.0. The molecule has 1 aromatic heterocycles. The number of nitrogens with one attached hydrogen (secondary N) is 2. The molecule has 0 unspecified atom stereocenters. The maximum absolute atomic E-state index is 4.82. The van der Waals surface area contributed by atoms with Gasteiger partial charge in [0, 0.05) is 11.4 Å². The van der Waals surface area contributed by atoms with Gasteiger partial charge in [-0.15, -0.1) is 0 Å². The van der Waals surface area contributed by atoms with Crippen LogP contribution in [0.15, 0.2) is 60.7 Å². The second-order valence-electron chi connectivity index (χ2n) is 6.11. The molecule has 1 fully saturated rings. The first kappa shape index (κ1) is 14.2. The molecule has 0 radical (unpaired) electrons. The minimum absolute atomic E-state index is 0.508. The van der Waals surface area contributed by atoms with Gasteiger partial charge in [-0.25, -0.2) is 4.98 Å². The maximum Gasteiger partial charge on any atom is 0.127 e. The van der Waals surface area contributed by atoms with E-state index >= 15 is 0 Å². The van der Waals surface area contributed by atoms with Crippen LogP contribution in [0.2, 0.25) is 0 Å². The molecule has 3 aromatic rings. The predicted molar refractivity (Wildman–Crippen MR) is 96.7 cm³/mol. The first-order valence-electron chi connectivity index (χ1n) is 8.32. The van der Waals surface area contributed by atoms with Gasteiger partial charge in [-0.1, -0.05) is 48.5 Å². The van der Waals surface area contributed by atoms with Crippen molar-refractivity contribution in [1.82, 2.24) is 10.3 Å². The van der Waals surface area contributed by atoms with Gasteiger partial charge in [-0.05, 0) is 49.2 Å². The average Bonchev–Trinajstić information content (AvgIpc) is 2.63. The number of pyridine rings is 1. The van der Waals surface area contributed by atoms with E-state index in [1.807, 2.05) is 0 Å². The van der Waals surface area contributed by atoms with Gasteiger partial charge in [0.15, 0.2) is 0 Å². The van der Waals surface area contributed by atoms with E-state index in [2.05, 4.69) is 71.3 Å². The van der Waals surface area contributed by atoms with E-state index in [1.54, 1.807) is 0 Å². The largest absolute Gasteiger partial charge is 0.367 e. The highest BCUT2D eigenvalue weighted by Crippen LogP contribution is 2.30. The number of hydrogen-bond acceptors (Lipinski definition) is 3. The molecule has 4 rings (SSSR count). The molecule has 116 valence electrons. The van der Waals surface area contributed by atoms with Crippen molar-refractivity contribution >= 4 is 16.7 Å². The molecule has 2 aromatic carbocycles. The normalized spacial score (nSPS) is 15.7. The van der Waals surface area contributed by atoms with Crippen molar-refractivity contribution in [2.75, 3.05) is 18.4 Å². The van der Waals surface area contributed by atoms with E-state index in [0.29, 0.717) is 6.04 Å². The van der Waals surface area contributed by atoms with E-state index in [4.69, 9.17) is 4.98 Å². The Labute approximate surface area is 136 Å². The van der Waals surface area contributed by atoms with Crippen LogP contribution in [0.3, 0.4) is 0 Å². The molecule has 0 aliphatic carbocycles. The van der Waals surface area contributed by atoms with Crippen LogP contribution in [0.25, 0.3) is 22.0 Å². The van der Waals surface area contributed by atoms with Gasteiger partial charge < -0.3 is 10.6 Å². The summed E-state index contributed by atoms with van der Waals surface area (Å²) >= 11 is 0. The van der Waals surface area contributed by atoms with Crippen molar-refractivity contribution in [1.29, 1.82) is 0 Å². The number of piperidine rings is 1. The predicted octanol–water partition coefficient (Wildman–Crippen LogP) is 4.07. The third kappa shape index (κ3) is 3.06. The molecule has 2 heterocycles. The minimum atomic E-state index is 0.508. The standard InChI is InChI=1S/C20H21N3/c1-2-6-15(7-3-1)18-14-20(22-16-10-12-21-13-11-16)23-19-9-5-4-8-17(18)19/h1-9,14,16,21H,10-13H2,(H,22,23). The lowest BCUT2D eigenvalue weighted by Gasteiger charge is -2.24. The van der Waals surface area contributed by atoms with Crippen LogP contribution < -0.4 is 10.6 Å². The van der Waals surface area contributed by atoms with Crippen molar-refractivity contribution in [3.05, 3.63) is 60.7 Å². The second-order valence-corrected chi connectivity index (χ2v) is 6.11. The van der Waals surface area contributed by atoms with Crippen molar-refractivity contribution < 1.29 is 0 Å². The zero-order valence-electron chi connectivity index (χ0n) is 13.1. The summed E-state index contributed by atoms with van der Waals surface area (Å²) in [6.07, 6.45) is 2.30. The summed E-state index contributed by atoms with van der Waals surface area (Å²) in [5, 5.41) is 8.24. The molecule has 3 nitrogen and oxygen atoms in total. The number of hydrogen-bond donors (Lipinski definition) is 2. The summed E-state index contributed by atoms with van der Waals surface area (Å²) in [5.41, 5.74) is 3.53. The van der Waals surface area contributed by atoms with Gasteiger partial charge in [0.25, 0.3) is 0 Å². The molecule has 23 heavy (non-hydrogen) atoms. The number of anilines is 1. The van der Waals surface area contributed by atoms with Crippen molar-refractivity contribution in [3.8, 4) is 11.1 Å². The molecule has 1 aliphatic heterocycles. The first-order chi connectivity index (χ1) is 11.4. The average molecular weight is 303 g/mol. The highest BCUT2D eigenvalue weighted by Gasteiger charge is 2.14. The number of fused-ring (bicyclic) bond motifs is 1. The minimum Gasteiger partial charge on any atom is -0.367 e. The van der Waals surface area contributed by atoms with E-state index in [-0.39, 0.29) is 0 Å². The molecule has 1 aliphatic rings. The highest BCUT2D eigenvalue weighted by atomic mass is 15.0. The Kier molecular flexibility index (Phi) is 3.95. The van der Waals surface area contributed by atoms with Crippen LogP contribution >= 0.6 is 0 Å². The molecule has 0 bridgehead atoms. The van der Waals surface area contributed by atoms with Crippen LogP contribution in [0.5, 0.6) is 0 Å². The van der Waals surface area contributed by atoms with Gasteiger partial charge in [-0.3, -0.25) is 0 Å². The number of rotatable bonds is 3. The molecule has 0 saturated carbocycles. The summed E-state index contributed by atoms with van der Waals surface area (Å²) in [5.74, 6) is 0.981. The molecule has 0 spiro atoms. The van der Waals surface area contributed by atoms with Crippen molar-refractivity contribution in [3.63, 3.8) is 0 Å². The molecule has 0 atom stereocenters.